The first-order valence-electron chi connectivity index (χ1n) is 7.77. The second-order valence-electron chi connectivity index (χ2n) is 5.93. The molecular weight excluding hydrogens is 356 g/mol. The minimum Gasteiger partial charge on any atom is -0.365 e. The molecule has 3 aromatic rings. The predicted molar refractivity (Wildman–Crippen MR) is 102 cm³/mol. The molecule has 2 aromatic heterocycles. The molecule has 0 radical (unpaired) electrons. The molecule has 0 aliphatic rings. The number of hydrogen-bond acceptors (Lipinski definition) is 6. The maximum atomic E-state index is 12.5. The Morgan fingerprint density at radius 1 is 1.16 bits per heavy atom. The van der Waals surface area contributed by atoms with Crippen LogP contribution in [0.2, 0.25) is 0 Å². The first-order valence-corrected chi connectivity index (χ1v) is 10.0. The summed E-state index contributed by atoms with van der Waals surface area (Å²) >= 11 is 1.63. The van der Waals surface area contributed by atoms with E-state index in [2.05, 4.69) is 22.2 Å². The molecule has 0 saturated heterocycles. The van der Waals surface area contributed by atoms with Crippen LogP contribution >= 0.6 is 11.3 Å². The molecule has 3 rings (SSSR count). The lowest BCUT2D eigenvalue weighted by Gasteiger charge is -2.16. The van der Waals surface area contributed by atoms with Gasteiger partial charge in [-0.05, 0) is 31.0 Å². The average molecular weight is 377 g/mol. The van der Waals surface area contributed by atoms with E-state index in [0.717, 1.165) is 21.6 Å². The van der Waals surface area contributed by atoms with Gasteiger partial charge in [0, 0.05) is 25.5 Å². The second kappa shape index (κ2) is 6.70. The van der Waals surface area contributed by atoms with Gasteiger partial charge in [0.25, 0.3) is 0 Å². The first-order chi connectivity index (χ1) is 11.8. The fourth-order valence-corrected chi connectivity index (χ4v) is 4.71. The van der Waals surface area contributed by atoms with Crippen LogP contribution in [0.4, 0.5) is 5.82 Å². The van der Waals surface area contributed by atoms with E-state index in [9.17, 15) is 8.42 Å². The van der Waals surface area contributed by atoms with Gasteiger partial charge in [-0.1, -0.05) is 18.2 Å². The molecule has 1 aromatic carbocycles. The van der Waals surface area contributed by atoms with Gasteiger partial charge in [0.05, 0.1) is 10.3 Å². The highest BCUT2D eigenvalue weighted by molar-refractivity contribution is 7.89. The van der Waals surface area contributed by atoms with Crippen molar-refractivity contribution in [2.24, 2.45) is 0 Å². The lowest BCUT2D eigenvalue weighted by molar-refractivity contribution is 0.520. The summed E-state index contributed by atoms with van der Waals surface area (Å²) in [6.45, 7) is 4.47. The average Bonchev–Trinajstić information content (AvgIpc) is 2.88. The molecule has 0 atom stereocenters. The Kier molecular flexibility index (Phi) is 4.77. The van der Waals surface area contributed by atoms with Crippen molar-refractivity contribution in [3.05, 3.63) is 46.6 Å². The van der Waals surface area contributed by atoms with Crippen LogP contribution in [0.1, 0.15) is 16.0 Å². The predicted octanol–water partition coefficient (Wildman–Crippen LogP) is 3.17. The van der Waals surface area contributed by atoms with E-state index in [0.29, 0.717) is 17.0 Å². The number of sulfonamides is 1. The third-order valence-corrected chi connectivity index (χ3v) is 7.17. The van der Waals surface area contributed by atoms with Crippen molar-refractivity contribution in [2.45, 2.75) is 25.3 Å². The summed E-state index contributed by atoms with van der Waals surface area (Å²) in [4.78, 5) is 11.1. The van der Waals surface area contributed by atoms with Crippen molar-refractivity contribution in [3.63, 3.8) is 0 Å². The van der Waals surface area contributed by atoms with Crippen molar-refractivity contribution in [1.82, 2.24) is 14.3 Å². The highest BCUT2D eigenvalue weighted by atomic mass is 32.2. The lowest BCUT2D eigenvalue weighted by atomic mass is 10.2. The van der Waals surface area contributed by atoms with E-state index in [4.69, 9.17) is 0 Å². The number of anilines is 1. The van der Waals surface area contributed by atoms with Gasteiger partial charge in [0.15, 0.2) is 0 Å². The van der Waals surface area contributed by atoms with Gasteiger partial charge in [-0.3, -0.25) is 0 Å². The number of nitrogens with zero attached hydrogens (tertiary/aromatic N) is 3. The molecule has 0 aliphatic carbocycles. The van der Waals surface area contributed by atoms with Gasteiger partial charge < -0.3 is 5.32 Å². The van der Waals surface area contributed by atoms with Crippen LogP contribution in [0.25, 0.3) is 10.2 Å². The molecule has 1 N–H and O–H groups in total. The number of hydrogen-bond donors (Lipinski definition) is 1. The van der Waals surface area contributed by atoms with Gasteiger partial charge in [-0.2, -0.15) is 0 Å². The van der Waals surface area contributed by atoms with Gasteiger partial charge in [0.2, 0.25) is 10.0 Å². The number of nitrogens with one attached hydrogen (secondary N) is 1. The molecule has 25 heavy (non-hydrogen) atoms. The molecule has 0 aliphatic heterocycles. The molecule has 0 amide bonds. The van der Waals surface area contributed by atoms with Crippen LogP contribution in [-0.4, -0.2) is 36.8 Å². The summed E-state index contributed by atoms with van der Waals surface area (Å²) < 4.78 is 26.2. The molecule has 0 spiro atoms. The minimum atomic E-state index is -3.50. The molecule has 6 nitrogen and oxygen atoms in total. The Balaban J connectivity index is 1.96. The first kappa shape index (κ1) is 17.8. The number of rotatable bonds is 5. The summed E-state index contributed by atoms with van der Waals surface area (Å²) in [6.07, 6.45) is 1.53. The zero-order valence-electron chi connectivity index (χ0n) is 14.6. The number of benzene rings is 1. The molecule has 0 unspecified atom stereocenters. The van der Waals surface area contributed by atoms with Crippen molar-refractivity contribution in [2.75, 3.05) is 19.4 Å². The number of fused-ring (bicyclic) bond motifs is 1. The highest BCUT2D eigenvalue weighted by Crippen LogP contribution is 2.32. The Labute approximate surface area is 151 Å². The normalized spacial score (nSPS) is 12.0. The maximum Gasteiger partial charge on any atom is 0.242 e. The summed E-state index contributed by atoms with van der Waals surface area (Å²) in [7, 11) is -0.430. The molecule has 0 bridgehead atoms. The monoisotopic (exact) mass is 376 g/mol. The minimum absolute atomic E-state index is 0.302. The Bertz CT molecular complexity index is 1030. The van der Waals surface area contributed by atoms with Crippen LogP contribution in [0.5, 0.6) is 0 Å². The topological polar surface area (TPSA) is 75.2 Å². The van der Waals surface area contributed by atoms with Crippen LogP contribution in [0.15, 0.2) is 35.5 Å². The van der Waals surface area contributed by atoms with Gasteiger partial charge in [-0.25, -0.2) is 22.7 Å². The van der Waals surface area contributed by atoms with Crippen LogP contribution in [0.3, 0.4) is 0 Å². The van der Waals surface area contributed by atoms with Crippen LogP contribution in [-0.2, 0) is 16.6 Å². The summed E-state index contributed by atoms with van der Waals surface area (Å²) in [5.74, 6) is 0.726. The van der Waals surface area contributed by atoms with Crippen molar-refractivity contribution in [3.8, 4) is 0 Å². The molecule has 2 heterocycles. The third-order valence-electron chi connectivity index (χ3n) is 4.14. The van der Waals surface area contributed by atoms with Gasteiger partial charge >= 0.3 is 0 Å². The Hall–Kier alpha value is -2.03. The van der Waals surface area contributed by atoms with E-state index in [1.165, 1.54) is 29.6 Å². The van der Waals surface area contributed by atoms with Crippen LogP contribution in [0, 0.1) is 13.8 Å². The molecule has 132 valence electrons. The zero-order chi connectivity index (χ0) is 18.2. The summed E-state index contributed by atoms with van der Waals surface area (Å²) in [5.41, 5.74) is 1.85. The largest absolute Gasteiger partial charge is 0.365 e. The van der Waals surface area contributed by atoms with Crippen LogP contribution < -0.4 is 5.32 Å². The van der Waals surface area contributed by atoms with E-state index in [1.807, 2.05) is 19.1 Å². The molecular formula is C17H20N4O2S2. The van der Waals surface area contributed by atoms with Crippen molar-refractivity contribution in [1.29, 1.82) is 0 Å². The van der Waals surface area contributed by atoms with Crippen molar-refractivity contribution >= 4 is 37.4 Å². The quantitative estimate of drug-likeness (QED) is 0.740. The number of aryl methyl sites for hydroxylation is 2. The number of aromatic nitrogens is 2. The van der Waals surface area contributed by atoms with Gasteiger partial charge in [-0.15, -0.1) is 11.3 Å². The zero-order valence-corrected chi connectivity index (χ0v) is 16.2. The Morgan fingerprint density at radius 2 is 1.88 bits per heavy atom. The van der Waals surface area contributed by atoms with E-state index >= 15 is 0 Å². The maximum absolute atomic E-state index is 12.5. The van der Waals surface area contributed by atoms with E-state index < -0.39 is 10.0 Å². The smallest absolute Gasteiger partial charge is 0.242 e. The Morgan fingerprint density at radius 3 is 2.60 bits per heavy atom. The second-order valence-corrected chi connectivity index (χ2v) is 9.26. The number of thiophene rings is 1. The highest BCUT2D eigenvalue weighted by Gasteiger charge is 2.21. The van der Waals surface area contributed by atoms with E-state index in [-0.39, 0.29) is 0 Å². The fourth-order valence-electron chi connectivity index (χ4n) is 2.59. The molecule has 0 fully saturated rings. The summed E-state index contributed by atoms with van der Waals surface area (Å²) in [6, 6.07) is 7.01. The fraction of sp³-hybridized carbons (Fsp3) is 0.294. The van der Waals surface area contributed by atoms with E-state index in [1.54, 1.807) is 23.5 Å². The summed E-state index contributed by atoms with van der Waals surface area (Å²) in [5, 5.41) is 4.28. The third kappa shape index (κ3) is 3.24. The lowest BCUT2D eigenvalue weighted by Crippen LogP contribution is -2.23. The van der Waals surface area contributed by atoms with Gasteiger partial charge in [0.1, 0.15) is 17.0 Å². The SMILES string of the molecule is Cc1sc2ncnc(NCc3ccccc3S(=O)(=O)N(C)C)c2c1C. The van der Waals surface area contributed by atoms with Crippen molar-refractivity contribution < 1.29 is 8.42 Å². The molecule has 0 saturated carbocycles. The molecule has 8 heteroatoms. The standard InChI is InChI=1S/C17H20N4O2S2/c1-11-12(2)24-17-15(11)16(19-10-20-17)18-9-13-7-5-6-8-14(13)25(22,23)21(3)4/h5-8,10H,9H2,1-4H3,(H,18,19,20).